The van der Waals surface area contributed by atoms with Crippen LogP contribution in [0.4, 0.5) is 5.82 Å². The number of hydrogen-bond donors (Lipinski definition) is 3. The van der Waals surface area contributed by atoms with E-state index in [0.29, 0.717) is 42.2 Å². The molecule has 7 heteroatoms. The number of aromatic nitrogens is 2. The van der Waals surface area contributed by atoms with E-state index in [0.717, 1.165) is 23.2 Å². The third-order valence-electron chi connectivity index (χ3n) is 5.73. The number of anilines is 1. The first-order valence-corrected chi connectivity index (χ1v) is 10.3. The number of aromatic amines is 2. The average molecular weight is 415 g/mol. The van der Waals surface area contributed by atoms with Gasteiger partial charge in [0.15, 0.2) is 5.78 Å². The number of hydrogen-bond acceptors (Lipinski definition) is 5. The molecule has 5 rings (SSSR count). The number of allylic oxidation sites excluding steroid dienone is 2. The molecule has 1 aromatic heterocycles. The lowest BCUT2D eigenvalue weighted by atomic mass is 9.76. The van der Waals surface area contributed by atoms with Crippen molar-refractivity contribution in [2.45, 2.75) is 31.8 Å². The van der Waals surface area contributed by atoms with E-state index in [1.54, 1.807) is 0 Å². The SMILES string of the molecule is O=C1CCCC2=C1C(c1cccc(OCc3ccccc3)c1)c1c([nH]c(=O)[nH]c1=O)N2. The van der Waals surface area contributed by atoms with Crippen molar-refractivity contribution in [1.29, 1.82) is 0 Å². The fraction of sp³-hybridized carbons (Fsp3) is 0.208. The zero-order chi connectivity index (χ0) is 21.4. The number of ether oxygens (including phenoxy) is 1. The quantitative estimate of drug-likeness (QED) is 0.607. The molecule has 1 aliphatic carbocycles. The van der Waals surface area contributed by atoms with E-state index in [-0.39, 0.29) is 5.78 Å². The van der Waals surface area contributed by atoms with Crippen molar-refractivity contribution in [2.75, 3.05) is 5.32 Å². The Labute approximate surface area is 177 Å². The minimum atomic E-state index is -0.582. The molecule has 0 spiro atoms. The number of carbonyl (C=O) groups excluding carboxylic acids is 1. The predicted octanol–water partition coefficient (Wildman–Crippen LogP) is 3.21. The Kier molecular flexibility index (Phi) is 4.78. The topological polar surface area (TPSA) is 104 Å². The lowest BCUT2D eigenvalue weighted by Gasteiger charge is -2.32. The first-order valence-electron chi connectivity index (χ1n) is 10.3. The summed E-state index contributed by atoms with van der Waals surface area (Å²) in [4.78, 5) is 42.5. The normalized spacial score (nSPS) is 17.5. The molecule has 31 heavy (non-hydrogen) atoms. The van der Waals surface area contributed by atoms with E-state index in [9.17, 15) is 14.4 Å². The summed E-state index contributed by atoms with van der Waals surface area (Å²) in [6.07, 6.45) is 1.87. The van der Waals surface area contributed by atoms with E-state index in [1.165, 1.54) is 0 Å². The van der Waals surface area contributed by atoms with Crippen molar-refractivity contribution in [2.24, 2.45) is 0 Å². The van der Waals surface area contributed by atoms with Crippen molar-refractivity contribution >= 4 is 11.6 Å². The molecular weight excluding hydrogens is 394 g/mol. The lowest BCUT2D eigenvalue weighted by molar-refractivity contribution is -0.116. The standard InChI is InChI=1S/C24H21N3O4/c28-18-11-5-10-17-20(18)19(21-22(25-17)26-24(30)27-23(21)29)15-8-4-9-16(12-15)31-13-14-6-2-1-3-7-14/h1-4,6-9,12,19H,5,10-11,13H2,(H3,25,26,27,29,30). The molecule has 0 radical (unpaired) electrons. The highest BCUT2D eigenvalue weighted by atomic mass is 16.5. The van der Waals surface area contributed by atoms with E-state index in [4.69, 9.17) is 4.74 Å². The summed E-state index contributed by atoms with van der Waals surface area (Å²) >= 11 is 0. The maximum atomic E-state index is 12.9. The average Bonchev–Trinajstić information content (AvgIpc) is 2.77. The van der Waals surface area contributed by atoms with Gasteiger partial charge in [0.25, 0.3) is 5.56 Å². The van der Waals surface area contributed by atoms with Crippen LogP contribution in [0.1, 0.15) is 41.9 Å². The van der Waals surface area contributed by atoms with Crippen LogP contribution < -0.4 is 21.3 Å². The number of carbonyl (C=O) groups is 1. The second-order valence-electron chi connectivity index (χ2n) is 7.77. The van der Waals surface area contributed by atoms with Gasteiger partial charge in [0.2, 0.25) is 0 Å². The number of fused-ring (bicyclic) bond motifs is 1. The third-order valence-corrected chi connectivity index (χ3v) is 5.73. The molecule has 0 amide bonds. The third kappa shape index (κ3) is 3.59. The van der Waals surface area contributed by atoms with Gasteiger partial charge in [-0.3, -0.25) is 19.6 Å². The summed E-state index contributed by atoms with van der Waals surface area (Å²) in [6, 6.07) is 17.3. The molecule has 2 aliphatic rings. The van der Waals surface area contributed by atoms with Crippen LogP contribution >= 0.6 is 0 Å². The fourth-order valence-corrected chi connectivity index (χ4v) is 4.35. The number of H-pyrrole nitrogens is 2. The molecule has 1 atom stereocenters. The van der Waals surface area contributed by atoms with Gasteiger partial charge in [0.05, 0.1) is 5.56 Å². The summed E-state index contributed by atoms with van der Waals surface area (Å²) in [7, 11) is 0. The zero-order valence-corrected chi connectivity index (χ0v) is 16.7. The minimum absolute atomic E-state index is 0.0191. The van der Waals surface area contributed by atoms with Gasteiger partial charge in [0.1, 0.15) is 18.2 Å². The van der Waals surface area contributed by atoms with Crippen LogP contribution in [-0.4, -0.2) is 15.8 Å². The summed E-state index contributed by atoms with van der Waals surface area (Å²) in [5, 5.41) is 3.12. The fourth-order valence-electron chi connectivity index (χ4n) is 4.35. The Bertz CT molecular complexity index is 1300. The molecule has 0 saturated heterocycles. The first-order chi connectivity index (χ1) is 15.1. The van der Waals surface area contributed by atoms with Crippen LogP contribution in [-0.2, 0) is 11.4 Å². The van der Waals surface area contributed by atoms with Crippen molar-refractivity contribution in [3.05, 3.63) is 103 Å². The number of ketones is 1. The molecule has 0 saturated carbocycles. The number of Topliss-reactive ketones (excluding diaryl/α,β-unsaturated/α-hetero) is 1. The van der Waals surface area contributed by atoms with Crippen molar-refractivity contribution < 1.29 is 9.53 Å². The second-order valence-corrected chi connectivity index (χ2v) is 7.77. The van der Waals surface area contributed by atoms with Crippen molar-refractivity contribution in [1.82, 2.24) is 9.97 Å². The Hall–Kier alpha value is -3.87. The van der Waals surface area contributed by atoms with Gasteiger partial charge in [-0.1, -0.05) is 42.5 Å². The van der Waals surface area contributed by atoms with Crippen LogP contribution in [0.15, 0.2) is 75.5 Å². The molecule has 1 unspecified atom stereocenters. The molecule has 0 fully saturated rings. The zero-order valence-electron chi connectivity index (χ0n) is 16.7. The lowest BCUT2D eigenvalue weighted by Crippen LogP contribution is -2.36. The molecule has 3 N–H and O–H groups in total. The summed E-state index contributed by atoms with van der Waals surface area (Å²) in [6.45, 7) is 0.411. The van der Waals surface area contributed by atoms with Gasteiger partial charge in [-0.2, -0.15) is 0 Å². The predicted molar refractivity (Wildman–Crippen MR) is 116 cm³/mol. The minimum Gasteiger partial charge on any atom is -0.489 e. The largest absolute Gasteiger partial charge is 0.489 e. The first kappa shape index (κ1) is 19.1. The van der Waals surface area contributed by atoms with Crippen LogP contribution in [0.2, 0.25) is 0 Å². The van der Waals surface area contributed by atoms with Gasteiger partial charge >= 0.3 is 5.69 Å². The van der Waals surface area contributed by atoms with Gasteiger partial charge in [-0.25, -0.2) is 4.79 Å². The van der Waals surface area contributed by atoms with Crippen LogP contribution in [0, 0.1) is 0 Å². The molecular formula is C24H21N3O4. The second kappa shape index (κ2) is 7.75. The van der Waals surface area contributed by atoms with Gasteiger partial charge < -0.3 is 10.1 Å². The molecule has 0 bridgehead atoms. The molecule has 2 aromatic carbocycles. The Balaban J connectivity index is 1.58. The van der Waals surface area contributed by atoms with Gasteiger partial charge in [-0.15, -0.1) is 0 Å². The highest BCUT2D eigenvalue weighted by Gasteiger charge is 2.37. The van der Waals surface area contributed by atoms with Gasteiger partial charge in [0, 0.05) is 23.6 Å². The Morgan fingerprint density at radius 2 is 1.77 bits per heavy atom. The summed E-state index contributed by atoms with van der Waals surface area (Å²) < 4.78 is 5.96. The van der Waals surface area contributed by atoms with Crippen LogP contribution in [0.3, 0.4) is 0 Å². The number of rotatable bonds is 4. The summed E-state index contributed by atoms with van der Waals surface area (Å²) in [5.74, 6) is 0.445. The maximum absolute atomic E-state index is 12.9. The molecule has 3 aromatic rings. The molecule has 7 nitrogen and oxygen atoms in total. The summed E-state index contributed by atoms with van der Waals surface area (Å²) in [5.41, 5.74) is 2.43. The molecule has 2 heterocycles. The maximum Gasteiger partial charge on any atom is 0.327 e. The van der Waals surface area contributed by atoms with Crippen molar-refractivity contribution in [3.8, 4) is 5.75 Å². The van der Waals surface area contributed by atoms with Gasteiger partial charge in [-0.05, 0) is 36.1 Å². The number of nitrogens with one attached hydrogen (secondary N) is 3. The van der Waals surface area contributed by atoms with E-state index < -0.39 is 17.2 Å². The smallest absolute Gasteiger partial charge is 0.327 e. The molecule has 1 aliphatic heterocycles. The van der Waals surface area contributed by atoms with Crippen molar-refractivity contribution in [3.63, 3.8) is 0 Å². The van der Waals surface area contributed by atoms with Crippen LogP contribution in [0.25, 0.3) is 0 Å². The Morgan fingerprint density at radius 1 is 0.935 bits per heavy atom. The number of benzene rings is 2. The monoisotopic (exact) mass is 415 g/mol. The Morgan fingerprint density at radius 3 is 2.61 bits per heavy atom. The van der Waals surface area contributed by atoms with E-state index in [2.05, 4.69) is 15.3 Å². The van der Waals surface area contributed by atoms with E-state index >= 15 is 0 Å². The molecule has 156 valence electrons. The van der Waals surface area contributed by atoms with E-state index in [1.807, 2.05) is 54.6 Å². The highest BCUT2D eigenvalue weighted by Crippen LogP contribution is 2.43. The highest BCUT2D eigenvalue weighted by molar-refractivity contribution is 6.00. The van der Waals surface area contributed by atoms with Crippen LogP contribution in [0.5, 0.6) is 5.75 Å².